The van der Waals surface area contributed by atoms with Crippen molar-refractivity contribution in [1.29, 1.82) is 0 Å². The maximum atomic E-state index is 4.33. The van der Waals surface area contributed by atoms with Gasteiger partial charge in [-0.15, -0.1) is 0 Å². The Morgan fingerprint density at radius 2 is 1.20 bits per heavy atom. The van der Waals surface area contributed by atoms with E-state index in [1.165, 1.54) is 0 Å². The summed E-state index contributed by atoms with van der Waals surface area (Å²) in [6.45, 7) is 0. The summed E-state index contributed by atoms with van der Waals surface area (Å²) in [6.07, 6.45) is 0. The van der Waals surface area contributed by atoms with E-state index < -0.39 is 0 Å². The summed E-state index contributed by atoms with van der Waals surface area (Å²) in [4.78, 5) is 0. The summed E-state index contributed by atoms with van der Waals surface area (Å²) in [6, 6.07) is 0. The average Bonchev–Trinajstić information content (AvgIpc) is 1.00. The van der Waals surface area contributed by atoms with Gasteiger partial charge in [-0.3, -0.25) is 0 Å². The van der Waals surface area contributed by atoms with Gasteiger partial charge in [-0.05, 0) is 0 Å². The second kappa shape index (κ2) is 28.1. The number of hydrogen-bond donors (Lipinski definition) is 0. The van der Waals surface area contributed by atoms with Gasteiger partial charge in [0.15, 0.2) is 17.4 Å². The van der Waals surface area contributed by atoms with Gasteiger partial charge in [0.05, 0.1) is 0 Å². The summed E-state index contributed by atoms with van der Waals surface area (Å²) in [5.74, 6) is 0. The summed E-state index contributed by atoms with van der Waals surface area (Å²) in [5, 5.41) is 0. The molecule has 5 heteroatoms. The molecule has 0 aliphatic rings. The van der Waals surface area contributed by atoms with E-state index in [0.29, 0.717) is 0 Å². The van der Waals surface area contributed by atoms with Gasteiger partial charge in [-0.2, -0.15) is 0 Å². The molecule has 0 spiro atoms. The number of hydrogen-bond acceptors (Lipinski definition) is 0. The standard InChI is InChI=1S/Al.Cu.Pb.H3Si.Sn.7H/h;;;1H3;;;;;;;;. The third kappa shape index (κ3) is 19.5. The second-order valence-corrected chi connectivity index (χ2v) is 0. The maximum absolute atomic E-state index is 4.33. The van der Waals surface area contributed by atoms with Crippen LogP contribution in [0, 0.1) is 0 Å². The van der Waals surface area contributed by atoms with Crippen LogP contribution in [0.4, 0.5) is 0 Å². The van der Waals surface area contributed by atoms with E-state index in [1.54, 1.807) is 0 Å². The van der Waals surface area contributed by atoms with Gasteiger partial charge in [0.25, 0.3) is 0 Å². The zero-order valence-corrected chi connectivity index (χ0v) is 15.2. The summed E-state index contributed by atoms with van der Waals surface area (Å²) < 4.78 is 0. The van der Waals surface area contributed by atoms with E-state index in [4.69, 9.17) is 0 Å². The number of rotatable bonds is 0. The van der Waals surface area contributed by atoms with Crippen LogP contribution in [0.2, 0.25) is 0 Å². The molecule has 0 bridgehead atoms. The van der Waals surface area contributed by atoms with Crippen LogP contribution >= 0.6 is 0 Å². The summed E-state index contributed by atoms with van der Waals surface area (Å²) in [7, 11) is 0.868. The molecular formula is H10AlCuPbSiSn. The first-order valence-electron chi connectivity index (χ1n) is 0.302. The van der Waals surface area contributed by atoms with Crippen LogP contribution in [0.5, 0.6) is 0 Å². The molecular weight excluding hydrogens is 445 g/mol. The molecule has 0 amide bonds. The Kier molecular flexibility index (Phi) is 138. The summed E-state index contributed by atoms with van der Waals surface area (Å²) in [5.41, 5.74) is 0. The van der Waals surface area contributed by atoms with Crippen molar-refractivity contribution in [2.45, 2.75) is 0 Å². The molecule has 0 aliphatic heterocycles. The minimum absolute atomic E-state index is 0. The van der Waals surface area contributed by atoms with Gasteiger partial charge in [0.2, 0.25) is 0 Å². The Balaban J connectivity index is -0.00000000167. The molecule has 0 nitrogen and oxygen atoms in total. The molecule has 36 valence electrons. The first-order chi connectivity index (χ1) is 1.00. The second-order valence-electron chi connectivity index (χ2n) is 0. The van der Waals surface area contributed by atoms with E-state index in [0.717, 1.165) is 8.85 Å². The molecule has 4 radical (unpaired) electrons. The molecule has 5 heavy (non-hydrogen) atoms. The van der Waals surface area contributed by atoms with Crippen molar-refractivity contribution in [3.05, 3.63) is 0 Å². The predicted octanol–water partition coefficient (Wildman–Crippen LogP) is -4.20. The fraction of sp³-hybridized carbons (Fsp3) is 0. The molecule has 0 saturated heterocycles. The Hall–Kier alpha value is 2.99. The molecule has 0 atom stereocenters. The van der Waals surface area contributed by atoms with Crippen LogP contribution < -0.4 is 0 Å². The Bertz CT molecular complexity index is 11.6. The van der Waals surface area contributed by atoms with Crippen LogP contribution in [0.1, 0.15) is 0 Å². The first-order valence-corrected chi connectivity index (χ1v) is 3.73. The van der Waals surface area contributed by atoms with E-state index in [1.807, 2.05) is 0 Å². The van der Waals surface area contributed by atoms with Crippen molar-refractivity contribution in [1.82, 2.24) is 0 Å². The molecule has 0 aliphatic carbocycles. The summed E-state index contributed by atoms with van der Waals surface area (Å²) >= 11 is 4.33. The first kappa shape index (κ1) is 24.5. The van der Waals surface area contributed by atoms with Crippen LogP contribution in [-0.2, 0) is 15.4 Å². The predicted molar refractivity (Wildman–Crippen MR) is 37.0 cm³/mol. The molecule has 0 aromatic carbocycles. The van der Waals surface area contributed by atoms with Gasteiger partial charge in [0.1, 0.15) is 0 Å². The van der Waals surface area contributed by atoms with Crippen LogP contribution in [-0.4, -0.2) is 77.4 Å². The molecule has 0 fully saturated rings. The Morgan fingerprint density at radius 3 is 1.20 bits per heavy atom. The third-order valence-electron chi connectivity index (χ3n) is 0. The molecule has 0 aromatic rings. The van der Waals surface area contributed by atoms with Crippen molar-refractivity contribution < 1.29 is 15.4 Å². The quantitative estimate of drug-likeness (QED) is 0.326. The van der Waals surface area contributed by atoms with E-state index >= 15 is 0 Å². The topological polar surface area (TPSA) is 0 Å². The normalized spacial score (nSPS) is 2.00. The van der Waals surface area contributed by atoms with Gasteiger partial charge < -0.3 is 0 Å². The van der Waals surface area contributed by atoms with Crippen molar-refractivity contribution in [2.75, 3.05) is 0 Å². The van der Waals surface area contributed by atoms with E-state index in [-0.39, 0.29) is 68.6 Å². The zero-order valence-electron chi connectivity index (χ0n) is 2.72. The molecule has 0 aromatic heterocycles. The molecule has 0 heterocycles. The van der Waals surface area contributed by atoms with Gasteiger partial charge in [-0.1, -0.05) is 0 Å². The third-order valence-corrected chi connectivity index (χ3v) is 0. The monoisotopic (exact) mass is 456 g/mol. The fourth-order valence-electron chi connectivity index (χ4n) is 0. The van der Waals surface area contributed by atoms with Crippen LogP contribution in [0.3, 0.4) is 0 Å². The Labute approximate surface area is 91.2 Å². The SMILES string of the molecule is [AlH3].[PbH2].[SiH3][Cu].[SnH2]. The average molecular weight is 455 g/mol. The molecule has 0 saturated carbocycles. The van der Waals surface area contributed by atoms with E-state index in [2.05, 4.69) is 15.4 Å². The van der Waals surface area contributed by atoms with Crippen LogP contribution in [0.15, 0.2) is 0 Å². The van der Waals surface area contributed by atoms with Gasteiger partial charge in [-0.25, -0.2) is 0 Å². The molecule has 0 unspecified atom stereocenters. The van der Waals surface area contributed by atoms with Gasteiger partial charge >= 0.3 is 75.4 Å². The zero-order chi connectivity index (χ0) is 2.00. The van der Waals surface area contributed by atoms with E-state index in [9.17, 15) is 0 Å². The molecule has 0 N–H and O–H groups in total. The Morgan fingerprint density at radius 1 is 1.20 bits per heavy atom. The fourth-order valence-corrected chi connectivity index (χ4v) is 0. The minimum atomic E-state index is 0. The van der Waals surface area contributed by atoms with Crippen LogP contribution in [0.25, 0.3) is 0 Å². The van der Waals surface area contributed by atoms with Crippen molar-refractivity contribution in [3.8, 4) is 0 Å². The van der Waals surface area contributed by atoms with Gasteiger partial charge in [0, 0.05) is 0 Å². The van der Waals surface area contributed by atoms with Crippen molar-refractivity contribution in [3.63, 3.8) is 0 Å². The van der Waals surface area contributed by atoms with Crippen molar-refractivity contribution >= 4 is 77.4 Å². The van der Waals surface area contributed by atoms with Crippen molar-refractivity contribution in [2.24, 2.45) is 0 Å². The molecule has 0 rings (SSSR count).